The average Bonchev–Trinajstić information content (AvgIpc) is 3.29. The summed E-state index contributed by atoms with van der Waals surface area (Å²) in [6, 6.07) is 16.5. The molecule has 1 atom stereocenters. The molecule has 3 aliphatic heterocycles. The third-order valence-electron chi connectivity index (χ3n) is 8.63. The van der Waals surface area contributed by atoms with Gasteiger partial charge >= 0.3 is 0 Å². The van der Waals surface area contributed by atoms with E-state index in [1.54, 1.807) is 0 Å². The molecule has 7 heteroatoms. The molecule has 1 spiro atoms. The Kier molecular flexibility index (Phi) is 9.23. The lowest BCUT2D eigenvalue weighted by molar-refractivity contribution is 0.0651. The Morgan fingerprint density at radius 3 is 2.26 bits per heavy atom. The summed E-state index contributed by atoms with van der Waals surface area (Å²) in [6.07, 6.45) is 5.20. The van der Waals surface area contributed by atoms with Crippen molar-refractivity contribution in [1.82, 2.24) is 4.90 Å². The summed E-state index contributed by atoms with van der Waals surface area (Å²) in [4.78, 5) is 19.7. The second-order valence-corrected chi connectivity index (χ2v) is 11.3. The highest BCUT2D eigenvalue weighted by atomic mass is 35.5. The number of anilines is 2. The number of nitriles is 1. The van der Waals surface area contributed by atoms with Crippen LogP contribution in [-0.4, -0.2) is 61.3 Å². The van der Waals surface area contributed by atoms with Crippen molar-refractivity contribution in [3.05, 3.63) is 58.6 Å². The topological polar surface area (TPSA) is 70.8 Å². The van der Waals surface area contributed by atoms with Gasteiger partial charge in [0.15, 0.2) is 0 Å². The minimum atomic E-state index is 0.0958. The molecule has 2 aromatic rings. The number of amides is 1. The number of hydrogen-bond acceptors (Lipinski definition) is 5. The molecule has 0 bridgehead atoms. The number of carbonyl (C=O) groups is 1. The lowest BCUT2D eigenvalue weighted by Gasteiger charge is -2.40. The first-order valence-electron chi connectivity index (χ1n) is 14.1. The number of benzene rings is 2. The quantitative estimate of drug-likeness (QED) is 0.521. The van der Waals surface area contributed by atoms with Crippen LogP contribution in [0.4, 0.5) is 11.4 Å². The van der Waals surface area contributed by atoms with E-state index >= 15 is 0 Å². The first kappa shape index (κ1) is 28.3. The van der Waals surface area contributed by atoms with E-state index in [0.717, 1.165) is 69.7 Å². The van der Waals surface area contributed by atoms with Crippen molar-refractivity contribution in [2.45, 2.75) is 58.9 Å². The van der Waals surface area contributed by atoms with Gasteiger partial charge in [-0.15, -0.1) is 0 Å². The number of likely N-dealkylation sites (tertiary alicyclic amines) is 1. The SMILES string of the molecule is CC.CC1CC2(CCN(c3ccc(C(=O)N4CCC(CO)CC4)cc3)CC2)CN1c1ccc(C#N)c(Cl)c1. The molecule has 3 saturated heterocycles. The molecule has 204 valence electrons. The van der Waals surface area contributed by atoms with Gasteiger partial charge in [0.05, 0.1) is 10.6 Å². The third kappa shape index (κ3) is 5.95. The normalized spacial score (nSPS) is 21.2. The maximum absolute atomic E-state index is 12.9. The standard InChI is InChI=1S/C29H35ClN4O2.C2H6/c1-21-17-29(20-34(21)26-7-4-24(18-31)27(30)16-26)10-14-32(15-11-29)25-5-2-23(3-6-25)28(36)33-12-8-22(19-35)9-13-33;1-2/h2-7,16,21-22,35H,8-15,17,19-20H2,1H3;1-2H3. The molecule has 0 radical (unpaired) electrons. The van der Waals surface area contributed by atoms with Crippen LogP contribution in [0.1, 0.15) is 68.8 Å². The van der Waals surface area contributed by atoms with Crippen LogP contribution < -0.4 is 9.80 Å². The van der Waals surface area contributed by atoms with Crippen LogP contribution in [0.15, 0.2) is 42.5 Å². The predicted molar refractivity (Wildman–Crippen MR) is 155 cm³/mol. The highest BCUT2D eigenvalue weighted by molar-refractivity contribution is 6.32. The van der Waals surface area contributed by atoms with Crippen molar-refractivity contribution < 1.29 is 9.90 Å². The van der Waals surface area contributed by atoms with Crippen LogP contribution in [0.25, 0.3) is 0 Å². The molecule has 0 aliphatic carbocycles. The maximum atomic E-state index is 12.9. The zero-order valence-electron chi connectivity index (χ0n) is 23.0. The second kappa shape index (κ2) is 12.4. The smallest absolute Gasteiger partial charge is 0.253 e. The fraction of sp³-hybridized carbons (Fsp3) is 0.548. The number of rotatable bonds is 4. The third-order valence-corrected chi connectivity index (χ3v) is 8.95. The van der Waals surface area contributed by atoms with E-state index in [9.17, 15) is 15.2 Å². The summed E-state index contributed by atoms with van der Waals surface area (Å²) in [5, 5.41) is 19.0. The number of hydrogen-bond donors (Lipinski definition) is 1. The minimum Gasteiger partial charge on any atom is -0.396 e. The van der Waals surface area contributed by atoms with Gasteiger partial charge in [0.1, 0.15) is 6.07 Å². The molecule has 0 aromatic heterocycles. The van der Waals surface area contributed by atoms with E-state index in [2.05, 4.69) is 34.9 Å². The molecule has 3 heterocycles. The number of aliphatic hydroxyl groups is 1. The zero-order valence-corrected chi connectivity index (χ0v) is 23.8. The van der Waals surface area contributed by atoms with Crippen LogP contribution in [0, 0.1) is 22.7 Å². The average molecular weight is 537 g/mol. The zero-order chi connectivity index (χ0) is 27.3. The van der Waals surface area contributed by atoms with Gasteiger partial charge < -0.3 is 19.8 Å². The van der Waals surface area contributed by atoms with Gasteiger partial charge in [0.2, 0.25) is 0 Å². The van der Waals surface area contributed by atoms with Gasteiger partial charge in [-0.3, -0.25) is 4.79 Å². The number of nitrogens with zero attached hydrogens (tertiary/aromatic N) is 4. The fourth-order valence-electron chi connectivity index (χ4n) is 6.36. The summed E-state index contributed by atoms with van der Waals surface area (Å²) in [5.74, 6) is 0.425. The molecule has 1 unspecified atom stereocenters. The Bertz CT molecular complexity index is 1130. The van der Waals surface area contributed by atoms with Gasteiger partial charge in [-0.2, -0.15) is 5.26 Å². The van der Waals surface area contributed by atoms with Crippen molar-refractivity contribution >= 4 is 28.9 Å². The van der Waals surface area contributed by atoms with Crippen LogP contribution in [-0.2, 0) is 0 Å². The molecule has 2 aromatic carbocycles. The molecule has 1 amide bonds. The predicted octanol–water partition coefficient (Wildman–Crippen LogP) is 5.97. The molecular formula is C31H41ClN4O2. The number of halogens is 1. The molecule has 1 N–H and O–H groups in total. The first-order chi connectivity index (χ1) is 18.4. The molecule has 0 saturated carbocycles. The van der Waals surface area contributed by atoms with Crippen LogP contribution in [0.2, 0.25) is 5.02 Å². The number of piperidine rings is 2. The van der Waals surface area contributed by atoms with Crippen molar-refractivity contribution in [1.29, 1.82) is 5.26 Å². The van der Waals surface area contributed by atoms with E-state index in [0.29, 0.717) is 28.0 Å². The molecule has 38 heavy (non-hydrogen) atoms. The van der Waals surface area contributed by atoms with Crippen molar-refractivity contribution in [2.24, 2.45) is 11.3 Å². The molecule has 5 rings (SSSR count). The minimum absolute atomic E-state index is 0.0958. The van der Waals surface area contributed by atoms with Gasteiger partial charge in [0, 0.05) is 62.3 Å². The highest BCUT2D eigenvalue weighted by Crippen LogP contribution is 2.46. The van der Waals surface area contributed by atoms with E-state index in [4.69, 9.17) is 11.6 Å². The Morgan fingerprint density at radius 2 is 1.68 bits per heavy atom. The largest absolute Gasteiger partial charge is 0.396 e. The van der Waals surface area contributed by atoms with Crippen LogP contribution in [0.3, 0.4) is 0 Å². The summed E-state index contributed by atoms with van der Waals surface area (Å²) in [6.45, 7) is 11.0. The van der Waals surface area contributed by atoms with Crippen LogP contribution >= 0.6 is 11.6 Å². The van der Waals surface area contributed by atoms with Crippen molar-refractivity contribution in [3.63, 3.8) is 0 Å². The highest BCUT2D eigenvalue weighted by Gasteiger charge is 2.44. The lowest BCUT2D eigenvalue weighted by atomic mass is 9.76. The van der Waals surface area contributed by atoms with E-state index in [1.807, 2.05) is 49.1 Å². The lowest BCUT2D eigenvalue weighted by Crippen LogP contribution is -2.41. The molecule has 3 fully saturated rings. The van der Waals surface area contributed by atoms with Gasteiger partial charge in [-0.1, -0.05) is 25.4 Å². The van der Waals surface area contributed by atoms with Crippen LogP contribution in [0.5, 0.6) is 0 Å². The van der Waals surface area contributed by atoms with Crippen molar-refractivity contribution in [3.8, 4) is 6.07 Å². The van der Waals surface area contributed by atoms with E-state index < -0.39 is 0 Å². The Labute approximate surface area is 232 Å². The van der Waals surface area contributed by atoms with Gasteiger partial charge in [-0.25, -0.2) is 0 Å². The number of carbonyl (C=O) groups excluding carboxylic acids is 1. The Balaban J connectivity index is 0.00000164. The second-order valence-electron chi connectivity index (χ2n) is 10.9. The van der Waals surface area contributed by atoms with E-state index in [-0.39, 0.29) is 12.5 Å². The van der Waals surface area contributed by atoms with Gasteiger partial charge in [-0.05, 0) is 92.8 Å². The Morgan fingerprint density at radius 1 is 1.05 bits per heavy atom. The fourth-order valence-corrected chi connectivity index (χ4v) is 6.57. The Hall–Kier alpha value is -2.75. The number of aliphatic hydroxyl groups excluding tert-OH is 1. The summed E-state index contributed by atoms with van der Waals surface area (Å²) in [5.41, 5.74) is 3.85. The molecule has 6 nitrogen and oxygen atoms in total. The molecule has 3 aliphatic rings. The maximum Gasteiger partial charge on any atom is 0.253 e. The van der Waals surface area contributed by atoms with Crippen molar-refractivity contribution in [2.75, 3.05) is 49.1 Å². The van der Waals surface area contributed by atoms with E-state index in [1.165, 1.54) is 12.1 Å². The van der Waals surface area contributed by atoms with Gasteiger partial charge in [0.25, 0.3) is 5.91 Å². The monoisotopic (exact) mass is 536 g/mol. The summed E-state index contributed by atoms with van der Waals surface area (Å²) >= 11 is 6.32. The summed E-state index contributed by atoms with van der Waals surface area (Å²) in [7, 11) is 0. The molecular weight excluding hydrogens is 496 g/mol. The summed E-state index contributed by atoms with van der Waals surface area (Å²) < 4.78 is 0. The first-order valence-corrected chi connectivity index (χ1v) is 14.5.